The van der Waals surface area contributed by atoms with E-state index in [9.17, 15) is 13.2 Å². The molecule has 0 bridgehead atoms. The van der Waals surface area contributed by atoms with Crippen LogP contribution >= 0.6 is 0 Å². The summed E-state index contributed by atoms with van der Waals surface area (Å²) in [5, 5.41) is 0. The predicted molar refractivity (Wildman–Crippen MR) is 111 cm³/mol. The van der Waals surface area contributed by atoms with Gasteiger partial charge in [-0.25, -0.2) is 13.2 Å². The highest BCUT2D eigenvalue weighted by atomic mass is 32.2. The average Bonchev–Trinajstić information content (AvgIpc) is 2.84. The number of rotatable bonds is 6. The van der Waals surface area contributed by atoms with E-state index in [0.29, 0.717) is 31.6 Å². The Morgan fingerprint density at radius 1 is 1.17 bits per heavy atom. The van der Waals surface area contributed by atoms with Crippen LogP contribution in [0.5, 0.6) is 0 Å². The highest BCUT2D eigenvalue weighted by molar-refractivity contribution is 7.90. The van der Waals surface area contributed by atoms with Crippen LogP contribution in [-0.4, -0.2) is 74.3 Å². The second-order valence-electron chi connectivity index (χ2n) is 8.85. The van der Waals surface area contributed by atoms with Crippen molar-refractivity contribution >= 4 is 15.9 Å². The number of benzene rings is 1. The van der Waals surface area contributed by atoms with Crippen molar-refractivity contribution < 1.29 is 17.9 Å². The van der Waals surface area contributed by atoms with Crippen LogP contribution in [0.2, 0.25) is 0 Å². The molecular formula is C21H31N3O4S. The topological polar surface area (TPSA) is 92.9 Å². The predicted octanol–water partition coefficient (Wildman–Crippen LogP) is 1.80. The quantitative estimate of drug-likeness (QED) is 0.756. The molecule has 160 valence electrons. The first-order chi connectivity index (χ1) is 13.8. The summed E-state index contributed by atoms with van der Waals surface area (Å²) in [6, 6.07) is 10.4. The number of urea groups is 1. The highest BCUT2D eigenvalue weighted by Crippen LogP contribution is 2.47. The fourth-order valence-electron chi connectivity index (χ4n) is 5.06. The van der Waals surface area contributed by atoms with E-state index in [4.69, 9.17) is 10.5 Å². The van der Waals surface area contributed by atoms with Gasteiger partial charge in [-0.15, -0.1) is 0 Å². The normalized spacial score (nSPS) is 30.8. The molecule has 2 aliphatic heterocycles. The zero-order chi connectivity index (χ0) is 20.6. The summed E-state index contributed by atoms with van der Waals surface area (Å²) in [6.45, 7) is 2.13. The Labute approximate surface area is 173 Å². The smallest absolute Gasteiger partial charge is 0.321 e. The second kappa shape index (κ2) is 7.89. The van der Waals surface area contributed by atoms with Crippen molar-refractivity contribution in [2.75, 3.05) is 38.3 Å². The lowest BCUT2D eigenvalue weighted by Gasteiger charge is -2.46. The van der Waals surface area contributed by atoms with Gasteiger partial charge in [0.05, 0.1) is 24.5 Å². The fourth-order valence-corrected chi connectivity index (χ4v) is 5.59. The molecule has 3 fully saturated rings. The minimum atomic E-state index is -3.17. The van der Waals surface area contributed by atoms with Gasteiger partial charge in [0.25, 0.3) is 0 Å². The number of amides is 2. The van der Waals surface area contributed by atoms with Gasteiger partial charge in [-0.2, -0.15) is 0 Å². The van der Waals surface area contributed by atoms with Gasteiger partial charge in [0.1, 0.15) is 16.0 Å². The molecule has 1 aromatic rings. The van der Waals surface area contributed by atoms with Gasteiger partial charge in [0, 0.05) is 25.3 Å². The molecule has 1 spiro atoms. The lowest BCUT2D eigenvalue weighted by molar-refractivity contribution is -0.0544. The van der Waals surface area contributed by atoms with Crippen molar-refractivity contribution in [1.29, 1.82) is 0 Å². The fraction of sp³-hybridized carbons (Fsp3) is 0.667. The number of hydrogen-bond donors (Lipinski definition) is 1. The molecular weight excluding hydrogens is 390 g/mol. The zero-order valence-corrected chi connectivity index (χ0v) is 17.8. The van der Waals surface area contributed by atoms with E-state index in [0.717, 1.165) is 25.7 Å². The van der Waals surface area contributed by atoms with Crippen LogP contribution in [0.3, 0.4) is 0 Å². The number of carbonyl (C=O) groups is 1. The SMILES string of the molecule is CS(=O)(=O)CCN1C(=O)N(CC2COC2)C2(CCC(c3ccccc3)CC2)C1N. The van der Waals surface area contributed by atoms with Crippen molar-refractivity contribution in [2.45, 2.75) is 43.3 Å². The number of carbonyl (C=O) groups excluding carboxylic acids is 1. The van der Waals surface area contributed by atoms with E-state index < -0.39 is 21.5 Å². The van der Waals surface area contributed by atoms with Crippen LogP contribution in [0.15, 0.2) is 30.3 Å². The van der Waals surface area contributed by atoms with Crippen LogP contribution in [0.1, 0.15) is 37.2 Å². The van der Waals surface area contributed by atoms with Gasteiger partial charge < -0.3 is 20.3 Å². The molecule has 2 amide bonds. The summed E-state index contributed by atoms with van der Waals surface area (Å²) < 4.78 is 28.7. The molecule has 3 aliphatic rings. The third kappa shape index (κ3) is 4.02. The van der Waals surface area contributed by atoms with Crippen molar-refractivity contribution in [3.8, 4) is 0 Å². The molecule has 1 aromatic carbocycles. The summed E-state index contributed by atoms with van der Waals surface area (Å²) >= 11 is 0. The van der Waals surface area contributed by atoms with E-state index in [-0.39, 0.29) is 18.3 Å². The highest BCUT2D eigenvalue weighted by Gasteiger charge is 2.57. The first-order valence-electron chi connectivity index (χ1n) is 10.4. The van der Waals surface area contributed by atoms with Crippen LogP contribution in [0.25, 0.3) is 0 Å². The standard InChI is InChI=1S/C21H31N3O4S/c1-29(26,27)12-11-23-19(22)21(24(20(23)25)13-16-14-28-15-16)9-7-18(8-10-21)17-5-3-2-4-6-17/h2-6,16,18-19H,7-15,22H2,1H3. The Kier molecular flexibility index (Phi) is 5.61. The molecule has 2 N–H and O–H groups in total. The molecule has 0 radical (unpaired) electrons. The maximum absolute atomic E-state index is 13.3. The molecule has 4 rings (SSSR count). The Hall–Kier alpha value is -1.64. The number of nitrogens with zero attached hydrogens (tertiary/aromatic N) is 2. The summed E-state index contributed by atoms with van der Waals surface area (Å²) in [4.78, 5) is 16.8. The largest absolute Gasteiger partial charge is 0.381 e. The van der Waals surface area contributed by atoms with Crippen LogP contribution in [-0.2, 0) is 14.6 Å². The van der Waals surface area contributed by atoms with Gasteiger partial charge in [-0.05, 0) is 37.2 Å². The molecule has 29 heavy (non-hydrogen) atoms. The van der Waals surface area contributed by atoms with Crippen LogP contribution in [0, 0.1) is 5.92 Å². The number of ether oxygens (including phenoxy) is 1. The first kappa shape index (κ1) is 20.6. The third-order valence-electron chi connectivity index (χ3n) is 6.87. The van der Waals surface area contributed by atoms with E-state index in [1.807, 2.05) is 11.0 Å². The van der Waals surface area contributed by atoms with Crippen molar-refractivity contribution in [3.63, 3.8) is 0 Å². The first-order valence-corrected chi connectivity index (χ1v) is 12.5. The molecule has 7 nitrogen and oxygen atoms in total. The Morgan fingerprint density at radius 2 is 1.83 bits per heavy atom. The lowest BCUT2D eigenvalue weighted by Crippen LogP contribution is -2.59. The van der Waals surface area contributed by atoms with E-state index >= 15 is 0 Å². The maximum atomic E-state index is 13.3. The monoisotopic (exact) mass is 421 g/mol. The molecule has 1 saturated carbocycles. The van der Waals surface area contributed by atoms with Gasteiger partial charge >= 0.3 is 6.03 Å². The minimum Gasteiger partial charge on any atom is -0.381 e. The van der Waals surface area contributed by atoms with Gasteiger partial charge in [-0.1, -0.05) is 30.3 Å². The van der Waals surface area contributed by atoms with Crippen molar-refractivity contribution in [3.05, 3.63) is 35.9 Å². The molecule has 2 saturated heterocycles. The van der Waals surface area contributed by atoms with Gasteiger partial charge in [0.15, 0.2) is 0 Å². The van der Waals surface area contributed by atoms with E-state index in [2.05, 4.69) is 24.3 Å². The Balaban J connectivity index is 1.54. The Morgan fingerprint density at radius 3 is 2.38 bits per heavy atom. The zero-order valence-electron chi connectivity index (χ0n) is 17.0. The van der Waals surface area contributed by atoms with E-state index in [1.54, 1.807) is 4.90 Å². The van der Waals surface area contributed by atoms with Crippen molar-refractivity contribution in [1.82, 2.24) is 9.80 Å². The molecule has 1 unspecified atom stereocenters. The average molecular weight is 422 g/mol. The van der Waals surface area contributed by atoms with Crippen molar-refractivity contribution in [2.24, 2.45) is 11.7 Å². The van der Waals surface area contributed by atoms with Crippen LogP contribution in [0.4, 0.5) is 4.79 Å². The van der Waals surface area contributed by atoms with Crippen LogP contribution < -0.4 is 5.73 Å². The third-order valence-corrected chi connectivity index (χ3v) is 7.80. The van der Waals surface area contributed by atoms with Gasteiger partial charge in [-0.3, -0.25) is 0 Å². The molecule has 2 heterocycles. The second-order valence-corrected chi connectivity index (χ2v) is 11.1. The van der Waals surface area contributed by atoms with Gasteiger partial charge in [0.2, 0.25) is 0 Å². The molecule has 0 aromatic heterocycles. The summed E-state index contributed by atoms with van der Waals surface area (Å²) in [5.41, 5.74) is 7.58. The summed E-state index contributed by atoms with van der Waals surface area (Å²) in [5.74, 6) is 0.753. The number of hydrogen-bond acceptors (Lipinski definition) is 5. The summed E-state index contributed by atoms with van der Waals surface area (Å²) in [7, 11) is -3.17. The maximum Gasteiger partial charge on any atom is 0.321 e. The number of sulfone groups is 1. The lowest BCUT2D eigenvalue weighted by atomic mass is 9.72. The molecule has 1 aliphatic carbocycles. The Bertz CT molecular complexity index is 833. The van der Waals surface area contributed by atoms with E-state index in [1.165, 1.54) is 11.8 Å². The minimum absolute atomic E-state index is 0.0600. The number of nitrogens with two attached hydrogens (primary N) is 1. The summed E-state index contributed by atoms with van der Waals surface area (Å²) in [6.07, 6.45) is 4.34. The molecule has 8 heteroatoms. The molecule has 1 atom stereocenters.